The van der Waals surface area contributed by atoms with E-state index in [4.69, 9.17) is 0 Å². The summed E-state index contributed by atoms with van der Waals surface area (Å²) in [6.07, 6.45) is 13.9. The maximum atomic E-state index is 11.4. The topological polar surface area (TPSA) is 26.7 Å². The van der Waals surface area contributed by atoms with Gasteiger partial charge in [-0.15, -0.1) is 0 Å². The van der Waals surface area contributed by atoms with E-state index >= 15 is 0 Å². The third kappa shape index (κ3) is 7.75. The number of anilines is 1. The maximum absolute atomic E-state index is 11.4. The Morgan fingerprint density at radius 3 is 1.84 bits per heavy atom. The van der Waals surface area contributed by atoms with Crippen molar-refractivity contribution in [3.05, 3.63) is 88.3 Å². The number of hydrogen-bond acceptors (Lipinski definition) is 2. The highest BCUT2D eigenvalue weighted by Crippen LogP contribution is 2.45. The largest absolute Gasteiger partial charge is 0.371 e. The van der Waals surface area contributed by atoms with Crippen LogP contribution in [0.5, 0.6) is 0 Å². The predicted octanol–water partition coefficient (Wildman–Crippen LogP) is 10.1. The summed E-state index contributed by atoms with van der Waals surface area (Å²) in [6.45, 7) is 21.0. The Bertz CT molecular complexity index is 1440. The normalized spacial score (nSPS) is 21.3. The summed E-state index contributed by atoms with van der Waals surface area (Å²) in [5.74, 6) is 5.64. The summed E-state index contributed by atoms with van der Waals surface area (Å²) in [7, 11) is -1.23. The van der Waals surface area contributed by atoms with Gasteiger partial charge in [-0.05, 0) is 123 Å². The summed E-state index contributed by atoms with van der Waals surface area (Å²) in [4.78, 5) is 2.70. The Balaban J connectivity index is 1.18. The first-order valence-electron chi connectivity index (χ1n) is 18.0. The van der Waals surface area contributed by atoms with Gasteiger partial charge in [-0.3, -0.25) is 4.67 Å². The monoisotopic (exact) mass is 626 g/mol. The molecule has 6 rings (SSSR count). The van der Waals surface area contributed by atoms with Crippen LogP contribution >= 0.6 is 7.70 Å². The van der Waals surface area contributed by atoms with Crippen molar-refractivity contribution in [1.82, 2.24) is 4.67 Å². The fourth-order valence-electron chi connectivity index (χ4n) is 7.10. The fourth-order valence-corrected chi connectivity index (χ4v) is 9.41. The molecule has 0 aromatic heterocycles. The molecule has 4 heteroatoms. The zero-order valence-electron chi connectivity index (χ0n) is 29.2. The molecule has 3 aliphatic carbocycles. The van der Waals surface area contributed by atoms with Crippen LogP contribution in [0.4, 0.5) is 5.69 Å². The number of aliphatic hydroxyl groups excluding tert-OH is 1. The first kappa shape index (κ1) is 32.9. The van der Waals surface area contributed by atoms with Crippen molar-refractivity contribution in [2.45, 2.75) is 104 Å². The molecule has 3 nitrogen and oxygen atoms in total. The summed E-state index contributed by atoms with van der Waals surface area (Å²) < 4.78 is 2.62. The Morgan fingerprint density at radius 2 is 1.33 bits per heavy atom. The van der Waals surface area contributed by atoms with E-state index in [0.717, 1.165) is 30.8 Å². The molecule has 0 saturated heterocycles. The molecule has 0 bridgehead atoms. The minimum atomic E-state index is -1.23. The van der Waals surface area contributed by atoms with Crippen LogP contribution in [-0.4, -0.2) is 41.4 Å². The number of allylic oxidation sites excluding steroid dienone is 2. The van der Waals surface area contributed by atoms with Gasteiger partial charge in [0.05, 0.1) is 5.48 Å². The van der Waals surface area contributed by atoms with E-state index in [-0.39, 0.29) is 10.8 Å². The van der Waals surface area contributed by atoms with Gasteiger partial charge in [-0.2, -0.15) is 0 Å². The summed E-state index contributed by atoms with van der Waals surface area (Å²) in [6, 6.07) is 16.5. The molecular formula is C41H59N2OP. The number of aryl methyl sites for hydroxylation is 1. The highest BCUT2D eigenvalue weighted by Gasteiger charge is 2.32. The van der Waals surface area contributed by atoms with Gasteiger partial charge in [0.25, 0.3) is 0 Å². The van der Waals surface area contributed by atoms with Crippen LogP contribution in [0, 0.1) is 30.6 Å². The minimum Gasteiger partial charge on any atom is -0.371 e. The number of aliphatic hydroxyl groups is 1. The van der Waals surface area contributed by atoms with Crippen molar-refractivity contribution >= 4 is 18.9 Å². The Kier molecular flexibility index (Phi) is 9.65. The van der Waals surface area contributed by atoms with E-state index < -0.39 is 7.70 Å². The SMILES string of the molecule is CCC(C)CN(CC1CC1)[PH]1=C(O)C=C(C(C)(C)c2ccc(C(C)(C)c3ccc(N(CC4CC4)CC4CC4)c(C)c3)cc2)C=C1. The molecule has 244 valence electrons. The lowest BCUT2D eigenvalue weighted by molar-refractivity contribution is 0.364. The van der Waals surface area contributed by atoms with Crippen LogP contribution in [0.2, 0.25) is 0 Å². The second kappa shape index (κ2) is 13.2. The van der Waals surface area contributed by atoms with Crippen molar-refractivity contribution in [1.29, 1.82) is 0 Å². The first-order chi connectivity index (χ1) is 21.4. The summed E-state index contributed by atoms with van der Waals surface area (Å²) in [5.41, 5.74) is 8.39. The highest BCUT2D eigenvalue weighted by molar-refractivity contribution is 7.59. The quantitative estimate of drug-likeness (QED) is 0.199. The highest BCUT2D eigenvalue weighted by atomic mass is 31.1. The van der Waals surface area contributed by atoms with Crippen molar-refractivity contribution in [2.24, 2.45) is 23.7 Å². The third-order valence-electron chi connectivity index (χ3n) is 11.4. The molecule has 45 heavy (non-hydrogen) atoms. The van der Waals surface area contributed by atoms with Crippen LogP contribution in [0.1, 0.15) is 109 Å². The van der Waals surface area contributed by atoms with Crippen molar-refractivity contribution in [3.8, 4) is 0 Å². The Hall–Kier alpha value is -2.06. The summed E-state index contributed by atoms with van der Waals surface area (Å²) in [5, 5.41) is 11.4. The van der Waals surface area contributed by atoms with E-state index in [1.807, 2.05) is 0 Å². The zero-order valence-corrected chi connectivity index (χ0v) is 30.2. The fraction of sp³-hybridized carbons (Fsp3) is 0.585. The van der Waals surface area contributed by atoms with Crippen molar-refractivity contribution in [3.63, 3.8) is 0 Å². The van der Waals surface area contributed by atoms with Crippen LogP contribution in [0.15, 0.2) is 66.0 Å². The lowest BCUT2D eigenvalue weighted by Crippen LogP contribution is -2.29. The number of nitrogens with zero attached hydrogens (tertiary/aromatic N) is 2. The molecule has 2 atom stereocenters. The molecule has 1 heterocycles. The van der Waals surface area contributed by atoms with Crippen molar-refractivity contribution < 1.29 is 5.11 Å². The van der Waals surface area contributed by atoms with E-state index in [1.165, 1.54) is 91.5 Å². The van der Waals surface area contributed by atoms with Crippen molar-refractivity contribution in [2.75, 3.05) is 31.1 Å². The summed E-state index contributed by atoms with van der Waals surface area (Å²) >= 11 is 0. The van der Waals surface area contributed by atoms with Gasteiger partial charge < -0.3 is 10.0 Å². The standard InChI is InChI=1S/C41H59N2OP/c1-8-29(2)25-43(28-33-13-14-33)45-22-21-37(24-39(45)44)41(6,7)35-17-15-34(16-18-35)40(4,5)36-19-20-38(30(3)23-36)42(26-31-9-10-31)27-32-11-12-32/h15-24,29,31-33,44-45H,8-14,25-28H2,1-7H3. The molecule has 2 aromatic rings. The molecule has 3 fully saturated rings. The van der Waals surface area contributed by atoms with Gasteiger partial charge in [0.1, 0.15) is 0 Å². The molecular weight excluding hydrogens is 567 g/mol. The zero-order chi connectivity index (χ0) is 31.9. The number of benzene rings is 2. The van der Waals surface area contributed by atoms with Gasteiger partial charge in [0.2, 0.25) is 0 Å². The number of rotatable bonds is 15. The molecule has 1 aliphatic heterocycles. The van der Waals surface area contributed by atoms with Gasteiger partial charge in [0.15, 0.2) is 0 Å². The first-order valence-corrected chi connectivity index (χ1v) is 19.5. The van der Waals surface area contributed by atoms with E-state index in [9.17, 15) is 5.11 Å². The van der Waals surface area contributed by atoms with Crippen LogP contribution in [0.3, 0.4) is 0 Å². The molecule has 4 aliphatic rings. The van der Waals surface area contributed by atoms with Gasteiger partial charge in [-0.1, -0.05) is 90.4 Å². The second-order valence-corrected chi connectivity index (χ2v) is 18.4. The Labute approximate surface area is 275 Å². The molecule has 1 N–H and O–H groups in total. The predicted molar refractivity (Wildman–Crippen MR) is 197 cm³/mol. The average Bonchev–Trinajstić information content (AvgIpc) is 3.86. The average molecular weight is 627 g/mol. The molecule has 0 radical (unpaired) electrons. The van der Waals surface area contributed by atoms with Gasteiger partial charge in [0, 0.05) is 42.7 Å². The van der Waals surface area contributed by atoms with Crippen LogP contribution in [-0.2, 0) is 10.8 Å². The Morgan fingerprint density at radius 1 is 0.800 bits per heavy atom. The minimum absolute atomic E-state index is 0.0855. The molecule has 0 spiro atoms. The molecule has 2 unspecified atom stereocenters. The molecule has 2 aromatic carbocycles. The van der Waals surface area contributed by atoms with Gasteiger partial charge >= 0.3 is 0 Å². The maximum Gasteiger partial charge on any atom is 0.0819 e. The molecule has 0 amide bonds. The van der Waals surface area contributed by atoms with Crippen LogP contribution < -0.4 is 4.90 Å². The molecule has 3 saturated carbocycles. The lowest BCUT2D eigenvalue weighted by atomic mass is 9.74. The van der Waals surface area contributed by atoms with E-state index in [1.54, 1.807) is 0 Å². The van der Waals surface area contributed by atoms with E-state index in [0.29, 0.717) is 11.4 Å². The van der Waals surface area contributed by atoms with Gasteiger partial charge in [-0.25, -0.2) is 0 Å². The lowest BCUT2D eigenvalue weighted by Gasteiger charge is -2.33. The van der Waals surface area contributed by atoms with Crippen LogP contribution in [0.25, 0.3) is 0 Å². The third-order valence-corrected chi connectivity index (χ3v) is 13.6. The van der Waals surface area contributed by atoms with E-state index in [2.05, 4.69) is 118 Å². The number of hydrogen-bond donors (Lipinski definition) is 1. The second-order valence-electron chi connectivity index (χ2n) is 16.2. The smallest absolute Gasteiger partial charge is 0.0819 e.